The Morgan fingerprint density at radius 1 is 1.14 bits per heavy atom. The number of rotatable bonds is 6. The molecular formula is C17H19FN2S. The number of anilines is 1. The van der Waals surface area contributed by atoms with Crippen LogP contribution in [0, 0.1) is 5.82 Å². The third-order valence-electron chi connectivity index (χ3n) is 3.52. The van der Waals surface area contributed by atoms with E-state index >= 15 is 0 Å². The van der Waals surface area contributed by atoms with Crippen molar-refractivity contribution in [1.82, 2.24) is 0 Å². The molecule has 0 bridgehead atoms. The minimum Gasteiger partial charge on any atom is -0.393 e. The van der Waals surface area contributed by atoms with Crippen molar-refractivity contribution in [3.05, 3.63) is 66.0 Å². The predicted octanol–water partition coefficient (Wildman–Crippen LogP) is 3.72. The van der Waals surface area contributed by atoms with Crippen LogP contribution < -0.4 is 10.6 Å². The number of nitrogens with two attached hydrogens (primary N) is 1. The Labute approximate surface area is 130 Å². The van der Waals surface area contributed by atoms with E-state index in [1.165, 1.54) is 12.1 Å². The average Bonchev–Trinajstić information content (AvgIpc) is 2.50. The van der Waals surface area contributed by atoms with E-state index in [2.05, 4.69) is 11.8 Å². The zero-order chi connectivity index (χ0) is 15.2. The maximum Gasteiger partial charge on any atom is 0.123 e. The molecule has 1 atom stereocenters. The first-order chi connectivity index (χ1) is 10.1. The summed E-state index contributed by atoms with van der Waals surface area (Å²) in [7, 11) is 0. The van der Waals surface area contributed by atoms with Crippen LogP contribution in [-0.2, 0) is 0 Å². The lowest BCUT2D eigenvalue weighted by Gasteiger charge is -2.28. The summed E-state index contributed by atoms with van der Waals surface area (Å²) in [6.45, 7) is 3.55. The van der Waals surface area contributed by atoms with E-state index in [9.17, 15) is 4.39 Å². The Morgan fingerprint density at radius 2 is 1.76 bits per heavy atom. The van der Waals surface area contributed by atoms with Crippen LogP contribution in [0.4, 0.5) is 10.1 Å². The van der Waals surface area contributed by atoms with Crippen LogP contribution in [0.2, 0.25) is 0 Å². The van der Waals surface area contributed by atoms with Crippen molar-refractivity contribution in [1.29, 1.82) is 0 Å². The Kier molecular flexibility index (Phi) is 5.28. The number of nitrogens with zero attached hydrogens (tertiary/aromatic N) is 1. The van der Waals surface area contributed by atoms with Crippen molar-refractivity contribution in [2.24, 2.45) is 5.73 Å². The van der Waals surface area contributed by atoms with Gasteiger partial charge in [-0.2, -0.15) is 0 Å². The van der Waals surface area contributed by atoms with Crippen molar-refractivity contribution in [3.8, 4) is 0 Å². The molecule has 0 fully saturated rings. The van der Waals surface area contributed by atoms with E-state index in [1.807, 2.05) is 30.3 Å². The van der Waals surface area contributed by atoms with Gasteiger partial charge in [0, 0.05) is 18.8 Å². The second-order valence-corrected chi connectivity index (χ2v) is 5.35. The van der Waals surface area contributed by atoms with Crippen LogP contribution in [0.15, 0.2) is 54.6 Å². The molecule has 2 rings (SSSR count). The van der Waals surface area contributed by atoms with E-state index in [0.717, 1.165) is 17.8 Å². The van der Waals surface area contributed by atoms with Crippen LogP contribution in [-0.4, -0.2) is 18.1 Å². The lowest BCUT2D eigenvalue weighted by atomic mass is 9.98. The number of thiocarbonyl (C=S) groups is 1. The molecule has 0 radical (unpaired) electrons. The van der Waals surface area contributed by atoms with Crippen molar-refractivity contribution in [3.63, 3.8) is 0 Å². The van der Waals surface area contributed by atoms with Gasteiger partial charge in [0.2, 0.25) is 0 Å². The molecule has 0 aliphatic heterocycles. The highest BCUT2D eigenvalue weighted by Crippen LogP contribution is 2.22. The molecule has 0 saturated heterocycles. The summed E-state index contributed by atoms with van der Waals surface area (Å²) in [5.74, 6) is -0.255. The van der Waals surface area contributed by atoms with E-state index in [0.29, 0.717) is 11.5 Å². The fourth-order valence-electron chi connectivity index (χ4n) is 2.33. The number of hydrogen-bond donors (Lipinski definition) is 1. The first-order valence-corrected chi connectivity index (χ1v) is 7.37. The second-order valence-electron chi connectivity index (χ2n) is 4.88. The lowest BCUT2D eigenvalue weighted by Crippen LogP contribution is -2.34. The van der Waals surface area contributed by atoms with Crippen LogP contribution in [0.5, 0.6) is 0 Å². The monoisotopic (exact) mass is 302 g/mol. The Morgan fingerprint density at radius 3 is 2.29 bits per heavy atom. The topological polar surface area (TPSA) is 29.3 Å². The van der Waals surface area contributed by atoms with Crippen LogP contribution in [0.1, 0.15) is 18.4 Å². The van der Waals surface area contributed by atoms with Gasteiger partial charge in [-0.1, -0.05) is 42.5 Å². The first kappa shape index (κ1) is 15.4. The lowest BCUT2D eigenvalue weighted by molar-refractivity contribution is 0.627. The normalized spacial score (nSPS) is 11.9. The molecule has 0 aliphatic rings. The average molecular weight is 302 g/mol. The van der Waals surface area contributed by atoms with Gasteiger partial charge in [0.25, 0.3) is 0 Å². The molecule has 21 heavy (non-hydrogen) atoms. The largest absolute Gasteiger partial charge is 0.393 e. The molecule has 2 nitrogen and oxygen atoms in total. The van der Waals surface area contributed by atoms with Crippen LogP contribution in [0.25, 0.3) is 0 Å². The van der Waals surface area contributed by atoms with E-state index < -0.39 is 0 Å². The van der Waals surface area contributed by atoms with Crippen molar-refractivity contribution in [2.75, 3.05) is 18.0 Å². The van der Waals surface area contributed by atoms with Crippen molar-refractivity contribution < 1.29 is 4.39 Å². The summed E-state index contributed by atoms with van der Waals surface area (Å²) in [5, 5.41) is 0. The zero-order valence-corrected chi connectivity index (χ0v) is 12.8. The fraction of sp³-hybridized carbons (Fsp3) is 0.235. The SMILES string of the molecule is CCN(CC(C(N)=S)c1ccccc1)c1ccc(F)cc1. The molecule has 2 aromatic carbocycles. The third kappa shape index (κ3) is 4.02. The molecule has 2 N–H and O–H groups in total. The summed E-state index contributed by atoms with van der Waals surface area (Å²) < 4.78 is 13.1. The van der Waals surface area contributed by atoms with Gasteiger partial charge in [0.05, 0.1) is 10.9 Å². The van der Waals surface area contributed by atoms with Crippen LogP contribution >= 0.6 is 12.2 Å². The van der Waals surface area contributed by atoms with Gasteiger partial charge in [0.15, 0.2) is 0 Å². The van der Waals surface area contributed by atoms with E-state index in [4.69, 9.17) is 18.0 Å². The summed E-state index contributed by atoms with van der Waals surface area (Å²) >= 11 is 5.23. The number of hydrogen-bond acceptors (Lipinski definition) is 2. The van der Waals surface area contributed by atoms with Crippen molar-refractivity contribution in [2.45, 2.75) is 12.8 Å². The maximum absolute atomic E-state index is 13.1. The highest BCUT2D eigenvalue weighted by molar-refractivity contribution is 7.80. The molecule has 0 heterocycles. The van der Waals surface area contributed by atoms with Gasteiger partial charge < -0.3 is 10.6 Å². The quantitative estimate of drug-likeness (QED) is 0.825. The molecular weight excluding hydrogens is 283 g/mol. The Balaban J connectivity index is 2.22. The second kappa shape index (κ2) is 7.18. The molecule has 0 aromatic heterocycles. The van der Waals surface area contributed by atoms with Gasteiger partial charge in [-0.3, -0.25) is 0 Å². The molecule has 0 saturated carbocycles. The number of benzene rings is 2. The third-order valence-corrected chi connectivity index (χ3v) is 3.81. The minimum absolute atomic E-state index is 0.0220. The van der Waals surface area contributed by atoms with Crippen molar-refractivity contribution >= 4 is 22.9 Å². The van der Waals surface area contributed by atoms with Gasteiger partial charge in [-0.05, 0) is 36.8 Å². The summed E-state index contributed by atoms with van der Waals surface area (Å²) in [6.07, 6.45) is 0. The molecule has 110 valence electrons. The summed E-state index contributed by atoms with van der Waals surface area (Å²) in [4.78, 5) is 2.62. The Hall–Kier alpha value is -1.94. The summed E-state index contributed by atoms with van der Waals surface area (Å²) in [5.41, 5.74) is 7.99. The smallest absolute Gasteiger partial charge is 0.123 e. The van der Waals surface area contributed by atoms with E-state index in [-0.39, 0.29) is 11.7 Å². The number of likely N-dealkylation sites (N-methyl/N-ethyl adjacent to an activating group) is 1. The van der Waals surface area contributed by atoms with Gasteiger partial charge in [-0.25, -0.2) is 4.39 Å². The van der Waals surface area contributed by atoms with Gasteiger partial charge in [0.1, 0.15) is 5.82 Å². The zero-order valence-electron chi connectivity index (χ0n) is 12.0. The highest BCUT2D eigenvalue weighted by Gasteiger charge is 2.18. The Bertz CT molecular complexity index is 583. The molecule has 4 heteroatoms. The fourth-order valence-corrected chi connectivity index (χ4v) is 2.54. The van der Waals surface area contributed by atoms with Crippen LogP contribution in [0.3, 0.4) is 0 Å². The molecule has 0 amide bonds. The molecule has 0 aliphatic carbocycles. The minimum atomic E-state index is -0.233. The molecule has 2 aromatic rings. The predicted molar refractivity (Wildman–Crippen MR) is 90.3 cm³/mol. The molecule has 0 spiro atoms. The molecule has 1 unspecified atom stereocenters. The maximum atomic E-state index is 13.1. The summed E-state index contributed by atoms with van der Waals surface area (Å²) in [6, 6.07) is 16.5. The van der Waals surface area contributed by atoms with Gasteiger partial charge >= 0.3 is 0 Å². The van der Waals surface area contributed by atoms with Gasteiger partial charge in [-0.15, -0.1) is 0 Å². The first-order valence-electron chi connectivity index (χ1n) is 6.96. The van der Waals surface area contributed by atoms with E-state index in [1.54, 1.807) is 12.1 Å². The highest BCUT2D eigenvalue weighted by atomic mass is 32.1. The number of halogens is 1. The standard InChI is InChI=1S/C17H19FN2S/c1-2-20(15-10-8-14(18)9-11-15)12-16(17(19)21)13-6-4-3-5-7-13/h3-11,16H,2,12H2,1H3,(H2,19,21).